The van der Waals surface area contributed by atoms with Crippen molar-refractivity contribution >= 4 is 29.0 Å². The second-order valence-electron chi connectivity index (χ2n) is 6.70. The summed E-state index contributed by atoms with van der Waals surface area (Å²) in [5.41, 5.74) is 8.21. The highest BCUT2D eigenvalue weighted by atomic mass is 35.5. The van der Waals surface area contributed by atoms with Crippen molar-refractivity contribution in [1.29, 1.82) is 0 Å². The van der Waals surface area contributed by atoms with Crippen molar-refractivity contribution in [3.05, 3.63) is 60.7 Å². The predicted molar refractivity (Wildman–Crippen MR) is 108 cm³/mol. The van der Waals surface area contributed by atoms with E-state index in [1.807, 2.05) is 6.07 Å². The third kappa shape index (κ3) is 3.94. The van der Waals surface area contributed by atoms with Gasteiger partial charge in [-0.25, -0.2) is 4.98 Å². The van der Waals surface area contributed by atoms with Crippen LogP contribution in [-0.4, -0.2) is 17.1 Å². The Labute approximate surface area is 155 Å². The van der Waals surface area contributed by atoms with Crippen LogP contribution in [0.1, 0.15) is 25.7 Å². The molecule has 0 atom stereocenters. The van der Waals surface area contributed by atoms with Crippen LogP contribution in [0.5, 0.6) is 0 Å². The van der Waals surface area contributed by atoms with Gasteiger partial charge in [-0.3, -0.25) is 0 Å². The highest BCUT2D eigenvalue weighted by Crippen LogP contribution is 2.30. The molecule has 1 aliphatic rings. The third-order valence-corrected chi connectivity index (χ3v) is 4.92. The maximum atomic E-state index is 6.04. The number of nitrogens with zero attached hydrogens (tertiary/aromatic N) is 1. The van der Waals surface area contributed by atoms with E-state index in [2.05, 4.69) is 59.9 Å². The summed E-state index contributed by atoms with van der Waals surface area (Å²) < 4.78 is 0. The first-order valence-electron chi connectivity index (χ1n) is 8.77. The average Bonchev–Trinajstić information content (AvgIpc) is 2.64. The lowest BCUT2D eigenvalue weighted by Gasteiger charge is -2.27. The summed E-state index contributed by atoms with van der Waals surface area (Å²) in [6, 6.07) is 21.8. The Bertz CT molecular complexity index is 827. The van der Waals surface area contributed by atoms with Crippen LogP contribution in [0.2, 0.25) is 0 Å². The van der Waals surface area contributed by atoms with Gasteiger partial charge < -0.3 is 11.1 Å². The zero-order valence-corrected chi connectivity index (χ0v) is 15.0. The molecule has 2 aromatic carbocycles. The quantitative estimate of drug-likeness (QED) is 0.696. The first-order valence-corrected chi connectivity index (χ1v) is 8.77. The zero-order chi connectivity index (χ0) is 16.4. The van der Waals surface area contributed by atoms with Gasteiger partial charge in [-0.1, -0.05) is 54.6 Å². The Morgan fingerprint density at radius 3 is 2.32 bits per heavy atom. The lowest BCUT2D eigenvalue weighted by atomic mass is 9.91. The zero-order valence-electron chi connectivity index (χ0n) is 14.2. The maximum absolute atomic E-state index is 6.04. The van der Waals surface area contributed by atoms with E-state index >= 15 is 0 Å². The molecule has 25 heavy (non-hydrogen) atoms. The van der Waals surface area contributed by atoms with Gasteiger partial charge in [-0.2, -0.15) is 0 Å². The van der Waals surface area contributed by atoms with E-state index in [0.29, 0.717) is 12.1 Å². The van der Waals surface area contributed by atoms with Gasteiger partial charge in [0.25, 0.3) is 0 Å². The van der Waals surface area contributed by atoms with Crippen LogP contribution in [-0.2, 0) is 0 Å². The predicted octanol–water partition coefficient (Wildman–Crippen LogP) is 5.01. The van der Waals surface area contributed by atoms with Gasteiger partial charge in [-0.15, -0.1) is 12.4 Å². The first-order chi connectivity index (χ1) is 11.8. The molecule has 0 saturated heterocycles. The summed E-state index contributed by atoms with van der Waals surface area (Å²) in [4.78, 5) is 4.94. The summed E-state index contributed by atoms with van der Waals surface area (Å²) in [6.45, 7) is 0. The number of nitrogens with one attached hydrogen (secondary N) is 1. The minimum atomic E-state index is 0. The number of aromatic nitrogens is 1. The number of fused-ring (bicyclic) bond motifs is 1. The molecule has 3 nitrogen and oxygen atoms in total. The van der Waals surface area contributed by atoms with Gasteiger partial charge in [0.2, 0.25) is 0 Å². The fourth-order valence-corrected chi connectivity index (χ4v) is 3.52. The fourth-order valence-electron chi connectivity index (χ4n) is 3.52. The molecule has 4 heteroatoms. The van der Waals surface area contributed by atoms with Crippen LogP contribution in [0.4, 0.5) is 5.82 Å². The van der Waals surface area contributed by atoms with E-state index in [1.165, 1.54) is 10.8 Å². The monoisotopic (exact) mass is 353 g/mol. The third-order valence-electron chi connectivity index (χ3n) is 4.92. The van der Waals surface area contributed by atoms with Crippen LogP contribution in [0.3, 0.4) is 0 Å². The van der Waals surface area contributed by atoms with Crippen molar-refractivity contribution in [2.75, 3.05) is 5.32 Å². The van der Waals surface area contributed by atoms with Crippen LogP contribution in [0.15, 0.2) is 60.7 Å². The molecule has 1 aromatic heterocycles. The van der Waals surface area contributed by atoms with Crippen molar-refractivity contribution in [3.8, 4) is 11.3 Å². The van der Waals surface area contributed by atoms with E-state index in [4.69, 9.17) is 10.7 Å². The van der Waals surface area contributed by atoms with E-state index in [0.717, 1.165) is 42.8 Å². The Kier molecular flexibility index (Phi) is 5.57. The van der Waals surface area contributed by atoms with Gasteiger partial charge in [0.1, 0.15) is 5.82 Å². The lowest BCUT2D eigenvalue weighted by Crippen LogP contribution is -2.33. The SMILES string of the molecule is Cl.NC1CCC(Nc2nc(-c3ccccc3)cc3ccccc23)CC1. The molecule has 0 spiro atoms. The average molecular weight is 354 g/mol. The number of rotatable bonds is 3. The van der Waals surface area contributed by atoms with Crippen molar-refractivity contribution in [2.45, 2.75) is 37.8 Å². The summed E-state index contributed by atoms with van der Waals surface area (Å²) in [6.07, 6.45) is 4.42. The highest BCUT2D eigenvalue weighted by Gasteiger charge is 2.19. The summed E-state index contributed by atoms with van der Waals surface area (Å²) in [7, 11) is 0. The van der Waals surface area contributed by atoms with Gasteiger partial charge in [0.05, 0.1) is 5.69 Å². The minimum absolute atomic E-state index is 0. The molecule has 3 N–H and O–H groups in total. The molecule has 1 saturated carbocycles. The molecular formula is C21H24ClN3. The first kappa shape index (κ1) is 17.7. The molecule has 0 amide bonds. The number of halogens is 1. The minimum Gasteiger partial charge on any atom is -0.367 e. The number of nitrogens with two attached hydrogens (primary N) is 1. The molecule has 130 valence electrons. The van der Waals surface area contributed by atoms with Crippen molar-refractivity contribution < 1.29 is 0 Å². The van der Waals surface area contributed by atoms with Gasteiger partial charge in [-0.05, 0) is 37.1 Å². The smallest absolute Gasteiger partial charge is 0.134 e. The van der Waals surface area contributed by atoms with Crippen molar-refractivity contribution in [3.63, 3.8) is 0 Å². The van der Waals surface area contributed by atoms with Gasteiger partial charge >= 0.3 is 0 Å². The molecule has 1 aliphatic carbocycles. The van der Waals surface area contributed by atoms with E-state index in [1.54, 1.807) is 0 Å². The molecule has 0 unspecified atom stereocenters. The normalized spacial score (nSPS) is 20.0. The van der Waals surface area contributed by atoms with Crippen LogP contribution >= 0.6 is 12.4 Å². The number of hydrogen-bond acceptors (Lipinski definition) is 3. The maximum Gasteiger partial charge on any atom is 0.134 e. The van der Waals surface area contributed by atoms with Crippen molar-refractivity contribution in [2.24, 2.45) is 5.73 Å². The Hall–Kier alpha value is -2.10. The molecule has 1 fully saturated rings. The summed E-state index contributed by atoms with van der Waals surface area (Å²) in [5.74, 6) is 0.993. The van der Waals surface area contributed by atoms with E-state index in [9.17, 15) is 0 Å². The molecular weight excluding hydrogens is 330 g/mol. The fraction of sp³-hybridized carbons (Fsp3) is 0.286. The highest BCUT2D eigenvalue weighted by molar-refractivity contribution is 5.94. The summed E-state index contributed by atoms with van der Waals surface area (Å²) >= 11 is 0. The molecule has 3 aromatic rings. The van der Waals surface area contributed by atoms with Gasteiger partial charge in [0, 0.05) is 23.0 Å². The molecule has 4 rings (SSSR count). The molecule has 1 heterocycles. The van der Waals surface area contributed by atoms with E-state index in [-0.39, 0.29) is 12.4 Å². The Morgan fingerprint density at radius 1 is 0.880 bits per heavy atom. The van der Waals surface area contributed by atoms with Crippen LogP contribution in [0.25, 0.3) is 22.0 Å². The topological polar surface area (TPSA) is 50.9 Å². The number of benzene rings is 2. The number of hydrogen-bond donors (Lipinski definition) is 2. The molecule has 0 bridgehead atoms. The molecule has 0 radical (unpaired) electrons. The Morgan fingerprint density at radius 2 is 1.56 bits per heavy atom. The van der Waals surface area contributed by atoms with E-state index < -0.39 is 0 Å². The van der Waals surface area contributed by atoms with Crippen molar-refractivity contribution in [1.82, 2.24) is 4.98 Å². The molecule has 0 aliphatic heterocycles. The van der Waals surface area contributed by atoms with Crippen LogP contribution in [0, 0.1) is 0 Å². The van der Waals surface area contributed by atoms with Crippen LogP contribution < -0.4 is 11.1 Å². The number of pyridine rings is 1. The number of anilines is 1. The second-order valence-corrected chi connectivity index (χ2v) is 6.70. The standard InChI is InChI=1S/C21H23N3.ClH/c22-17-10-12-18(13-11-17)23-21-19-9-5-4-8-16(19)14-20(24-21)15-6-2-1-3-7-15;/h1-9,14,17-18H,10-13,22H2,(H,23,24);1H. The largest absolute Gasteiger partial charge is 0.367 e. The Balaban J connectivity index is 0.00000182. The second kappa shape index (κ2) is 7.85. The summed E-state index contributed by atoms with van der Waals surface area (Å²) in [5, 5.41) is 6.10. The van der Waals surface area contributed by atoms with Gasteiger partial charge in [0.15, 0.2) is 0 Å². The lowest BCUT2D eigenvalue weighted by molar-refractivity contribution is 0.411.